The Morgan fingerprint density at radius 2 is 1.88 bits per heavy atom. The van der Waals surface area contributed by atoms with Crippen molar-refractivity contribution in [1.82, 2.24) is 5.43 Å². The molecule has 1 aromatic heterocycles. The maximum Gasteiger partial charge on any atom is 0.343 e. The van der Waals surface area contributed by atoms with Crippen LogP contribution in [-0.2, 0) is 0 Å². The number of nitrogens with one attached hydrogen (secondary N) is 1. The van der Waals surface area contributed by atoms with Crippen LogP contribution in [0.2, 0.25) is 0 Å². The van der Waals surface area contributed by atoms with Crippen molar-refractivity contribution in [2.24, 2.45) is 5.10 Å². The van der Waals surface area contributed by atoms with Crippen molar-refractivity contribution in [2.75, 3.05) is 13.7 Å². The molecule has 0 fully saturated rings. The number of hydrogen-bond acceptors (Lipinski definition) is 7. The molecule has 172 valence electrons. The molecule has 0 spiro atoms. The van der Waals surface area contributed by atoms with Gasteiger partial charge in [0.25, 0.3) is 0 Å². The van der Waals surface area contributed by atoms with E-state index in [1.54, 1.807) is 48.5 Å². The van der Waals surface area contributed by atoms with Crippen molar-refractivity contribution in [3.8, 4) is 17.2 Å². The van der Waals surface area contributed by atoms with Crippen LogP contribution in [0.3, 0.4) is 0 Å². The van der Waals surface area contributed by atoms with Gasteiger partial charge in [0.1, 0.15) is 5.75 Å². The average Bonchev–Trinajstić information content (AvgIpc) is 3.27. The maximum atomic E-state index is 12.5. The Morgan fingerprint density at radius 3 is 2.55 bits per heavy atom. The molecular weight excluding hydrogens is 492 g/mol. The number of esters is 1. The summed E-state index contributed by atoms with van der Waals surface area (Å²) in [5.74, 6) is 0.413. The number of carbonyl (C=O) groups is 2. The van der Waals surface area contributed by atoms with E-state index in [1.165, 1.54) is 19.4 Å². The minimum absolute atomic E-state index is 0.124. The van der Waals surface area contributed by atoms with Crippen molar-refractivity contribution in [2.45, 2.75) is 19.8 Å². The first-order valence-electron chi connectivity index (χ1n) is 10.2. The lowest BCUT2D eigenvalue weighted by atomic mass is 10.2. The van der Waals surface area contributed by atoms with Gasteiger partial charge in [-0.25, -0.2) is 10.2 Å². The Hall–Kier alpha value is -3.59. The van der Waals surface area contributed by atoms with E-state index in [2.05, 4.69) is 33.4 Å². The smallest absolute Gasteiger partial charge is 0.343 e. The minimum Gasteiger partial charge on any atom is -0.494 e. The fourth-order valence-electron chi connectivity index (χ4n) is 2.69. The standard InChI is InChI=1S/C24H23BrN2O6/c1-3-4-13-31-18-8-6-17(7-9-18)24(29)33-19-10-5-16(14-21(19)30-2)15-26-27-23(28)20-11-12-22(25)32-20/h5-12,14-15H,3-4,13H2,1-2H3,(H,27,28). The van der Waals surface area contributed by atoms with Gasteiger partial charge in [0.2, 0.25) is 0 Å². The largest absolute Gasteiger partial charge is 0.494 e. The molecule has 0 bridgehead atoms. The Labute approximate surface area is 199 Å². The summed E-state index contributed by atoms with van der Waals surface area (Å²) in [6, 6.07) is 14.8. The van der Waals surface area contributed by atoms with E-state index in [0.29, 0.717) is 33.9 Å². The van der Waals surface area contributed by atoms with Crippen LogP contribution >= 0.6 is 15.9 Å². The molecule has 1 N–H and O–H groups in total. The zero-order valence-electron chi connectivity index (χ0n) is 18.2. The number of rotatable bonds is 10. The minimum atomic E-state index is -0.522. The predicted octanol–water partition coefficient (Wildman–Crippen LogP) is 5.21. The van der Waals surface area contributed by atoms with Crippen LogP contribution in [-0.4, -0.2) is 31.8 Å². The molecule has 1 heterocycles. The topological polar surface area (TPSA) is 99.4 Å². The highest BCUT2D eigenvalue weighted by molar-refractivity contribution is 9.10. The fraction of sp³-hybridized carbons (Fsp3) is 0.208. The van der Waals surface area contributed by atoms with Crippen LogP contribution < -0.4 is 19.6 Å². The summed E-state index contributed by atoms with van der Waals surface area (Å²) in [4.78, 5) is 24.5. The molecule has 0 unspecified atom stereocenters. The molecule has 0 aliphatic carbocycles. The number of furan rings is 1. The van der Waals surface area contributed by atoms with Crippen molar-refractivity contribution in [1.29, 1.82) is 0 Å². The molecule has 0 aliphatic rings. The molecule has 33 heavy (non-hydrogen) atoms. The molecule has 0 saturated carbocycles. The third-order valence-corrected chi connectivity index (χ3v) is 4.85. The lowest BCUT2D eigenvalue weighted by Gasteiger charge is -2.10. The average molecular weight is 515 g/mol. The number of hydrazone groups is 1. The third kappa shape index (κ3) is 6.95. The Bertz CT molecular complexity index is 1120. The molecule has 0 aliphatic heterocycles. The maximum absolute atomic E-state index is 12.5. The third-order valence-electron chi connectivity index (χ3n) is 4.42. The number of halogens is 1. The highest BCUT2D eigenvalue weighted by Gasteiger charge is 2.13. The van der Waals surface area contributed by atoms with Gasteiger partial charge in [0.05, 0.1) is 25.5 Å². The van der Waals surface area contributed by atoms with Crippen LogP contribution in [0.1, 0.15) is 46.2 Å². The van der Waals surface area contributed by atoms with Gasteiger partial charge in [-0.3, -0.25) is 4.79 Å². The van der Waals surface area contributed by atoms with Gasteiger partial charge in [-0.1, -0.05) is 13.3 Å². The second-order valence-corrected chi connectivity index (χ2v) is 7.61. The van der Waals surface area contributed by atoms with E-state index in [1.807, 2.05) is 0 Å². The van der Waals surface area contributed by atoms with Gasteiger partial charge < -0.3 is 18.6 Å². The van der Waals surface area contributed by atoms with E-state index in [0.717, 1.165) is 12.8 Å². The van der Waals surface area contributed by atoms with Crippen molar-refractivity contribution in [3.63, 3.8) is 0 Å². The number of hydrogen-bond donors (Lipinski definition) is 1. The van der Waals surface area contributed by atoms with Crippen molar-refractivity contribution >= 4 is 34.0 Å². The SMILES string of the molecule is CCCCOc1ccc(C(=O)Oc2ccc(C=NNC(=O)c3ccc(Br)o3)cc2OC)cc1. The van der Waals surface area contributed by atoms with Crippen LogP contribution in [0.5, 0.6) is 17.2 Å². The number of amides is 1. The monoisotopic (exact) mass is 514 g/mol. The highest BCUT2D eigenvalue weighted by atomic mass is 79.9. The molecular formula is C24H23BrN2O6. The van der Waals surface area contributed by atoms with Crippen LogP contribution in [0.25, 0.3) is 0 Å². The van der Waals surface area contributed by atoms with Crippen molar-refractivity contribution < 1.29 is 28.2 Å². The highest BCUT2D eigenvalue weighted by Crippen LogP contribution is 2.28. The fourth-order valence-corrected chi connectivity index (χ4v) is 2.99. The first-order valence-corrected chi connectivity index (χ1v) is 11.0. The van der Waals surface area contributed by atoms with Gasteiger partial charge in [0, 0.05) is 0 Å². The second kappa shape index (κ2) is 11.9. The molecule has 3 rings (SSSR count). The lowest BCUT2D eigenvalue weighted by Crippen LogP contribution is -2.16. The first kappa shape index (κ1) is 24.1. The molecule has 2 aromatic carbocycles. The molecule has 0 atom stereocenters. The molecule has 0 saturated heterocycles. The van der Waals surface area contributed by atoms with E-state index in [9.17, 15) is 9.59 Å². The van der Waals surface area contributed by atoms with Crippen LogP contribution in [0, 0.1) is 0 Å². The van der Waals surface area contributed by atoms with Gasteiger partial charge >= 0.3 is 11.9 Å². The number of methoxy groups -OCH3 is 1. The number of ether oxygens (including phenoxy) is 3. The predicted molar refractivity (Wildman–Crippen MR) is 126 cm³/mol. The van der Waals surface area contributed by atoms with E-state index in [-0.39, 0.29) is 11.5 Å². The van der Waals surface area contributed by atoms with Crippen LogP contribution in [0.4, 0.5) is 0 Å². The summed E-state index contributed by atoms with van der Waals surface area (Å²) in [6.07, 6.45) is 3.45. The molecule has 1 amide bonds. The lowest BCUT2D eigenvalue weighted by molar-refractivity contribution is 0.0729. The van der Waals surface area contributed by atoms with Gasteiger partial charge in [-0.15, -0.1) is 0 Å². The Morgan fingerprint density at radius 1 is 1.09 bits per heavy atom. The summed E-state index contributed by atoms with van der Waals surface area (Å²) in [6.45, 7) is 2.73. The van der Waals surface area contributed by atoms with Gasteiger partial charge in [-0.2, -0.15) is 5.10 Å². The molecule has 3 aromatic rings. The number of unbranched alkanes of at least 4 members (excludes halogenated alkanes) is 1. The first-order chi connectivity index (χ1) is 16.0. The van der Waals surface area contributed by atoms with Crippen LogP contribution in [0.15, 0.2) is 68.8 Å². The zero-order chi connectivity index (χ0) is 23.6. The summed E-state index contributed by atoms with van der Waals surface area (Å²) in [7, 11) is 1.46. The summed E-state index contributed by atoms with van der Waals surface area (Å²) < 4.78 is 22.0. The van der Waals surface area contributed by atoms with E-state index in [4.69, 9.17) is 18.6 Å². The quantitative estimate of drug-likeness (QED) is 0.131. The normalized spacial score (nSPS) is 10.8. The Balaban J connectivity index is 1.60. The second-order valence-electron chi connectivity index (χ2n) is 6.83. The molecule has 9 heteroatoms. The van der Waals surface area contributed by atoms with Gasteiger partial charge in [-0.05, 0) is 82.5 Å². The number of nitrogens with zero attached hydrogens (tertiary/aromatic N) is 1. The van der Waals surface area contributed by atoms with E-state index < -0.39 is 11.9 Å². The van der Waals surface area contributed by atoms with E-state index >= 15 is 0 Å². The summed E-state index contributed by atoms with van der Waals surface area (Å²) in [5.41, 5.74) is 3.38. The summed E-state index contributed by atoms with van der Waals surface area (Å²) >= 11 is 3.13. The number of benzene rings is 2. The number of carbonyl (C=O) groups excluding carboxylic acids is 2. The van der Waals surface area contributed by atoms with Gasteiger partial charge in [0.15, 0.2) is 21.9 Å². The molecule has 0 radical (unpaired) electrons. The zero-order valence-corrected chi connectivity index (χ0v) is 19.8. The summed E-state index contributed by atoms with van der Waals surface area (Å²) in [5, 5.41) is 3.90. The van der Waals surface area contributed by atoms with Crippen molar-refractivity contribution in [3.05, 3.63) is 76.2 Å². The Kier molecular flexibility index (Phi) is 8.65. The molecule has 8 nitrogen and oxygen atoms in total.